The topological polar surface area (TPSA) is 94.1 Å². The van der Waals surface area contributed by atoms with E-state index in [1.54, 1.807) is 6.07 Å². The zero-order chi connectivity index (χ0) is 17.7. The van der Waals surface area contributed by atoms with E-state index >= 15 is 0 Å². The lowest BCUT2D eigenvalue weighted by atomic mass is 9.76. The summed E-state index contributed by atoms with van der Waals surface area (Å²) < 4.78 is 15.9. The van der Waals surface area contributed by atoms with Crippen LogP contribution in [0.4, 0.5) is 0 Å². The first-order chi connectivity index (χ1) is 11.5. The van der Waals surface area contributed by atoms with Crippen LogP contribution in [0.15, 0.2) is 12.1 Å². The Balaban J connectivity index is 2.06. The molecule has 1 saturated carbocycles. The second-order valence-electron chi connectivity index (χ2n) is 5.78. The van der Waals surface area contributed by atoms with Crippen LogP contribution >= 0.6 is 0 Å². The Morgan fingerprint density at radius 2 is 1.79 bits per heavy atom. The number of carbonyl (C=O) groups excluding carboxylic acids is 1. The number of carboxylic acid groups (broad SMARTS) is 1. The maximum absolute atomic E-state index is 12.1. The Labute approximate surface area is 140 Å². The number of hydrogen-bond acceptors (Lipinski definition) is 5. The summed E-state index contributed by atoms with van der Waals surface area (Å²) in [6.07, 6.45) is 2.35. The van der Waals surface area contributed by atoms with Crippen molar-refractivity contribution in [3.63, 3.8) is 0 Å². The third-order valence-corrected chi connectivity index (χ3v) is 4.40. The molecule has 1 aromatic carbocycles. The third kappa shape index (κ3) is 3.39. The van der Waals surface area contributed by atoms with E-state index in [1.165, 1.54) is 21.3 Å². The van der Waals surface area contributed by atoms with Gasteiger partial charge in [0.15, 0.2) is 11.5 Å². The van der Waals surface area contributed by atoms with Crippen LogP contribution in [0.25, 0.3) is 0 Å². The molecular formula is C17H23NO6. The summed E-state index contributed by atoms with van der Waals surface area (Å²) in [6.45, 7) is 0. The van der Waals surface area contributed by atoms with Crippen LogP contribution in [-0.2, 0) is 16.0 Å². The van der Waals surface area contributed by atoms with Gasteiger partial charge in [-0.3, -0.25) is 4.79 Å². The molecule has 0 aliphatic heterocycles. The van der Waals surface area contributed by atoms with E-state index in [4.69, 9.17) is 14.2 Å². The molecule has 0 heterocycles. The lowest BCUT2D eigenvalue weighted by Gasteiger charge is -2.38. The van der Waals surface area contributed by atoms with Crippen molar-refractivity contribution in [2.45, 2.75) is 37.6 Å². The highest BCUT2D eigenvalue weighted by molar-refractivity contribution is 5.88. The summed E-state index contributed by atoms with van der Waals surface area (Å²) in [4.78, 5) is 23.4. The first-order valence-corrected chi connectivity index (χ1v) is 7.79. The quantitative estimate of drug-likeness (QED) is 0.751. The summed E-state index contributed by atoms with van der Waals surface area (Å²) in [7, 11) is 4.58. The maximum atomic E-state index is 12.1. The van der Waals surface area contributed by atoms with E-state index in [2.05, 4.69) is 5.32 Å². The second-order valence-corrected chi connectivity index (χ2v) is 5.78. The van der Waals surface area contributed by atoms with Gasteiger partial charge in [0.2, 0.25) is 11.7 Å². The van der Waals surface area contributed by atoms with E-state index in [1.807, 2.05) is 6.07 Å². The largest absolute Gasteiger partial charge is 0.493 e. The Morgan fingerprint density at radius 3 is 2.25 bits per heavy atom. The number of carboxylic acids is 1. The van der Waals surface area contributed by atoms with Crippen LogP contribution in [-0.4, -0.2) is 43.9 Å². The van der Waals surface area contributed by atoms with E-state index < -0.39 is 11.5 Å². The molecule has 0 bridgehead atoms. The summed E-state index contributed by atoms with van der Waals surface area (Å²) in [5.41, 5.74) is -0.290. The van der Waals surface area contributed by atoms with Gasteiger partial charge in [-0.25, -0.2) is 4.79 Å². The Bertz CT molecular complexity index is 624. The highest BCUT2D eigenvalue weighted by Gasteiger charge is 2.45. The average Bonchev–Trinajstić information content (AvgIpc) is 2.54. The van der Waals surface area contributed by atoms with Gasteiger partial charge in [0.25, 0.3) is 0 Å². The highest BCUT2D eigenvalue weighted by atomic mass is 16.5. The minimum Gasteiger partial charge on any atom is -0.493 e. The molecule has 1 aromatic rings. The molecule has 0 unspecified atom stereocenters. The zero-order valence-electron chi connectivity index (χ0n) is 14.2. The van der Waals surface area contributed by atoms with Gasteiger partial charge in [-0.1, -0.05) is 6.07 Å². The van der Waals surface area contributed by atoms with Crippen molar-refractivity contribution in [2.75, 3.05) is 21.3 Å². The molecule has 1 aliphatic carbocycles. The van der Waals surface area contributed by atoms with Gasteiger partial charge in [-0.05, 0) is 37.3 Å². The molecule has 132 valence electrons. The molecule has 0 atom stereocenters. The summed E-state index contributed by atoms with van der Waals surface area (Å²) in [5, 5.41) is 11.9. The number of aliphatic carboxylic acids is 1. The normalized spacial score (nSPS) is 15.1. The first kappa shape index (κ1) is 17.9. The van der Waals surface area contributed by atoms with Gasteiger partial charge < -0.3 is 24.6 Å². The number of carbonyl (C=O) groups is 2. The lowest BCUT2D eigenvalue weighted by molar-refractivity contribution is -0.151. The number of nitrogens with one attached hydrogen (secondary N) is 1. The summed E-state index contributed by atoms with van der Waals surface area (Å²) >= 11 is 0. The van der Waals surface area contributed by atoms with Crippen LogP contribution in [0, 0.1) is 0 Å². The molecule has 7 nitrogen and oxygen atoms in total. The van der Waals surface area contributed by atoms with Crippen LogP contribution < -0.4 is 19.5 Å². The molecule has 0 radical (unpaired) electrons. The fourth-order valence-corrected chi connectivity index (χ4v) is 2.86. The standard InChI is InChI=1S/C17H23NO6/c1-22-12-7-5-11(14(23-2)15(12)24-3)6-8-13(19)18-17(16(20)21)9-4-10-17/h5,7H,4,6,8-10H2,1-3H3,(H,18,19)(H,20,21). The number of rotatable bonds is 8. The Kier molecular flexibility index (Phi) is 5.54. The van der Waals surface area contributed by atoms with Crippen molar-refractivity contribution in [3.8, 4) is 17.2 Å². The van der Waals surface area contributed by atoms with E-state index in [9.17, 15) is 14.7 Å². The second kappa shape index (κ2) is 7.42. The number of methoxy groups -OCH3 is 3. The Hall–Kier alpha value is -2.44. The molecule has 0 spiro atoms. The third-order valence-electron chi connectivity index (χ3n) is 4.40. The minimum atomic E-state index is -1.08. The van der Waals surface area contributed by atoms with Crippen LogP contribution in [0.2, 0.25) is 0 Å². The monoisotopic (exact) mass is 337 g/mol. The van der Waals surface area contributed by atoms with Gasteiger partial charge in [0, 0.05) is 6.42 Å². The van der Waals surface area contributed by atoms with Crippen LogP contribution in [0.5, 0.6) is 17.2 Å². The summed E-state index contributed by atoms with van der Waals surface area (Å²) in [5.74, 6) is 0.279. The van der Waals surface area contributed by atoms with Gasteiger partial charge in [0.1, 0.15) is 5.54 Å². The molecular weight excluding hydrogens is 314 g/mol. The smallest absolute Gasteiger partial charge is 0.329 e. The van der Waals surface area contributed by atoms with Crippen molar-refractivity contribution in [1.29, 1.82) is 0 Å². The number of benzene rings is 1. The highest BCUT2D eigenvalue weighted by Crippen LogP contribution is 2.40. The molecule has 1 aliphatic rings. The predicted molar refractivity (Wildman–Crippen MR) is 86.8 cm³/mol. The van der Waals surface area contributed by atoms with Gasteiger partial charge in [-0.2, -0.15) is 0 Å². The van der Waals surface area contributed by atoms with Crippen LogP contribution in [0.1, 0.15) is 31.2 Å². The van der Waals surface area contributed by atoms with Crippen molar-refractivity contribution in [2.24, 2.45) is 0 Å². The number of hydrogen-bond donors (Lipinski definition) is 2. The molecule has 0 aromatic heterocycles. The molecule has 2 rings (SSSR count). The molecule has 1 amide bonds. The van der Waals surface area contributed by atoms with E-state index in [-0.39, 0.29) is 12.3 Å². The van der Waals surface area contributed by atoms with Crippen molar-refractivity contribution >= 4 is 11.9 Å². The maximum Gasteiger partial charge on any atom is 0.329 e. The Morgan fingerprint density at radius 1 is 1.12 bits per heavy atom. The number of aryl methyl sites for hydroxylation is 1. The van der Waals surface area contributed by atoms with Crippen molar-refractivity contribution in [3.05, 3.63) is 17.7 Å². The molecule has 7 heteroatoms. The first-order valence-electron chi connectivity index (χ1n) is 7.79. The molecule has 2 N–H and O–H groups in total. The predicted octanol–water partition coefficient (Wildman–Crippen LogP) is 1.77. The molecule has 0 saturated heterocycles. The number of amides is 1. The van der Waals surface area contributed by atoms with Crippen LogP contribution in [0.3, 0.4) is 0 Å². The van der Waals surface area contributed by atoms with E-state index in [0.29, 0.717) is 36.5 Å². The van der Waals surface area contributed by atoms with Crippen molar-refractivity contribution in [1.82, 2.24) is 5.32 Å². The fourth-order valence-electron chi connectivity index (χ4n) is 2.86. The van der Waals surface area contributed by atoms with Crippen molar-refractivity contribution < 1.29 is 28.9 Å². The van der Waals surface area contributed by atoms with Gasteiger partial charge >= 0.3 is 5.97 Å². The molecule has 24 heavy (non-hydrogen) atoms. The van der Waals surface area contributed by atoms with Gasteiger partial charge in [0.05, 0.1) is 21.3 Å². The zero-order valence-corrected chi connectivity index (χ0v) is 14.2. The minimum absolute atomic E-state index is 0.168. The lowest BCUT2D eigenvalue weighted by Crippen LogP contribution is -2.59. The number of ether oxygens (including phenoxy) is 3. The van der Waals surface area contributed by atoms with Gasteiger partial charge in [-0.15, -0.1) is 0 Å². The van der Waals surface area contributed by atoms with E-state index in [0.717, 1.165) is 12.0 Å². The average molecular weight is 337 g/mol. The summed E-state index contributed by atoms with van der Waals surface area (Å²) in [6, 6.07) is 3.56. The SMILES string of the molecule is COc1ccc(CCC(=O)NC2(C(=O)O)CCC2)c(OC)c1OC. The fraction of sp³-hybridized carbons (Fsp3) is 0.529. The molecule has 1 fully saturated rings.